The third kappa shape index (κ3) is 2.68. The maximum atomic E-state index is 12.7. The van der Waals surface area contributed by atoms with E-state index >= 15 is 0 Å². The predicted octanol–water partition coefficient (Wildman–Crippen LogP) is 2.78. The lowest BCUT2D eigenvalue weighted by Gasteiger charge is -2.34. The zero-order valence-corrected chi connectivity index (χ0v) is 13.1. The molecular weight excluding hydrogens is 274 g/mol. The molecule has 1 N–H and O–H groups in total. The van der Waals surface area contributed by atoms with Crippen LogP contribution in [-0.4, -0.2) is 24.0 Å². The second-order valence-electron chi connectivity index (χ2n) is 6.49. The Labute approximate surface area is 132 Å². The summed E-state index contributed by atoms with van der Waals surface area (Å²) in [6.45, 7) is 2.80. The Hall–Kier alpha value is -2.02. The van der Waals surface area contributed by atoms with Gasteiger partial charge in [-0.2, -0.15) is 5.26 Å². The molecule has 1 aromatic carbocycles. The average molecular weight is 297 g/mol. The van der Waals surface area contributed by atoms with Gasteiger partial charge in [0, 0.05) is 12.2 Å². The van der Waals surface area contributed by atoms with Gasteiger partial charge < -0.3 is 10.2 Å². The van der Waals surface area contributed by atoms with Crippen LogP contribution in [0.5, 0.6) is 0 Å². The topological polar surface area (TPSA) is 56.1 Å². The Bertz CT molecular complexity index is 599. The van der Waals surface area contributed by atoms with Gasteiger partial charge in [0.1, 0.15) is 11.6 Å². The minimum absolute atomic E-state index is 0.0276. The second kappa shape index (κ2) is 6.00. The highest BCUT2D eigenvalue weighted by Gasteiger charge is 2.36. The summed E-state index contributed by atoms with van der Waals surface area (Å²) in [5.41, 5.74) is 1.80. The Kier molecular flexibility index (Phi) is 4.06. The quantitative estimate of drug-likeness (QED) is 0.933. The number of nitrogens with zero attached hydrogens (tertiary/aromatic N) is 2. The molecule has 1 heterocycles. The number of fused-ring (bicyclic) bond motifs is 1. The monoisotopic (exact) mass is 297 g/mol. The van der Waals surface area contributed by atoms with E-state index in [1.54, 1.807) is 0 Å². The molecule has 4 heteroatoms. The standard InChI is InChI=1S/C18H23N3O/c1-14(21-12-9-15-7-3-4-8-16(15)21)17(22)20-18(13-19)10-5-2-6-11-18/h3-4,7-8,14H,2,5-6,9-12H2,1H3,(H,20,22)/t14-/m1/s1. The number of nitriles is 1. The van der Waals surface area contributed by atoms with E-state index in [4.69, 9.17) is 0 Å². The maximum absolute atomic E-state index is 12.7. The summed E-state index contributed by atoms with van der Waals surface area (Å²) in [4.78, 5) is 14.8. The highest BCUT2D eigenvalue weighted by molar-refractivity contribution is 5.86. The van der Waals surface area contributed by atoms with Crippen LogP contribution < -0.4 is 10.2 Å². The van der Waals surface area contributed by atoms with Crippen molar-refractivity contribution in [1.82, 2.24) is 5.32 Å². The number of anilines is 1. The fraction of sp³-hybridized carbons (Fsp3) is 0.556. The highest BCUT2D eigenvalue weighted by Crippen LogP contribution is 2.31. The third-order valence-corrected chi connectivity index (χ3v) is 5.05. The van der Waals surface area contributed by atoms with Crippen LogP contribution in [0.4, 0.5) is 5.69 Å². The molecule has 1 fully saturated rings. The molecule has 1 saturated carbocycles. The Morgan fingerprint density at radius 3 is 2.77 bits per heavy atom. The molecule has 0 aromatic heterocycles. The number of benzene rings is 1. The molecule has 0 unspecified atom stereocenters. The summed E-state index contributed by atoms with van der Waals surface area (Å²) in [5, 5.41) is 12.6. The molecular formula is C18H23N3O. The van der Waals surface area contributed by atoms with E-state index in [0.29, 0.717) is 0 Å². The van der Waals surface area contributed by atoms with Crippen LogP contribution in [0.1, 0.15) is 44.6 Å². The normalized spacial score (nSPS) is 20.8. The molecule has 22 heavy (non-hydrogen) atoms. The summed E-state index contributed by atoms with van der Waals surface area (Å²) in [5.74, 6) is -0.0276. The van der Waals surface area contributed by atoms with Crippen molar-refractivity contribution in [3.8, 4) is 6.07 Å². The molecule has 0 spiro atoms. The Morgan fingerprint density at radius 2 is 2.05 bits per heavy atom. The van der Waals surface area contributed by atoms with E-state index in [1.165, 1.54) is 5.56 Å². The van der Waals surface area contributed by atoms with Gasteiger partial charge in [-0.25, -0.2) is 0 Å². The highest BCUT2D eigenvalue weighted by atomic mass is 16.2. The molecule has 4 nitrogen and oxygen atoms in total. The van der Waals surface area contributed by atoms with Crippen LogP contribution in [0.3, 0.4) is 0 Å². The first-order chi connectivity index (χ1) is 10.7. The van der Waals surface area contributed by atoms with Crippen molar-refractivity contribution < 1.29 is 4.79 Å². The van der Waals surface area contributed by atoms with Crippen LogP contribution in [0.2, 0.25) is 0 Å². The molecule has 0 bridgehead atoms. The fourth-order valence-electron chi connectivity index (χ4n) is 3.67. The first-order valence-corrected chi connectivity index (χ1v) is 8.23. The number of para-hydroxylation sites is 1. The smallest absolute Gasteiger partial charge is 0.243 e. The van der Waals surface area contributed by atoms with Gasteiger partial charge in [0.05, 0.1) is 6.07 Å². The summed E-state index contributed by atoms with van der Waals surface area (Å²) in [6.07, 6.45) is 5.74. The molecule has 1 aliphatic heterocycles. The Morgan fingerprint density at radius 1 is 1.32 bits per heavy atom. The van der Waals surface area contributed by atoms with Crippen molar-refractivity contribution in [2.75, 3.05) is 11.4 Å². The minimum Gasteiger partial charge on any atom is -0.359 e. The molecule has 2 aliphatic rings. The van der Waals surface area contributed by atoms with Crippen molar-refractivity contribution in [2.45, 2.75) is 57.0 Å². The number of hydrogen-bond donors (Lipinski definition) is 1. The largest absolute Gasteiger partial charge is 0.359 e. The number of nitrogens with one attached hydrogen (secondary N) is 1. The van der Waals surface area contributed by atoms with Gasteiger partial charge in [0.25, 0.3) is 0 Å². The maximum Gasteiger partial charge on any atom is 0.243 e. The van der Waals surface area contributed by atoms with Crippen molar-refractivity contribution in [3.05, 3.63) is 29.8 Å². The molecule has 116 valence electrons. The number of carbonyl (C=O) groups is 1. The molecule has 1 amide bonds. The lowest BCUT2D eigenvalue weighted by molar-refractivity contribution is -0.123. The zero-order chi connectivity index (χ0) is 15.6. The number of hydrogen-bond acceptors (Lipinski definition) is 3. The summed E-state index contributed by atoms with van der Waals surface area (Å²) < 4.78 is 0. The van der Waals surface area contributed by atoms with Gasteiger partial charge >= 0.3 is 0 Å². The number of amides is 1. The van der Waals surface area contributed by atoms with Gasteiger partial charge in [-0.1, -0.05) is 37.5 Å². The number of carbonyl (C=O) groups excluding carboxylic acids is 1. The van der Waals surface area contributed by atoms with Crippen molar-refractivity contribution in [3.63, 3.8) is 0 Å². The molecule has 1 aliphatic carbocycles. The van der Waals surface area contributed by atoms with Gasteiger partial charge in [-0.3, -0.25) is 4.79 Å². The van der Waals surface area contributed by atoms with Crippen LogP contribution in [0.25, 0.3) is 0 Å². The van der Waals surface area contributed by atoms with Crippen molar-refractivity contribution >= 4 is 11.6 Å². The summed E-state index contributed by atoms with van der Waals surface area (Å²) >= 11 is 0. The van der Waals surface area contributed by atoms with Crippen LogP contribution in [0, 0.1) is 11.3 Å². The van der Waals surface area contributed by atoms with E-state index in [0.717, 1.165) is 50.8 Å². The van der Waals surface area contributed by atoms with E-state index in [2.05, 4.69) is 28.4 Å². The van der Waals surface area contributed by atoms with Gasteiger partial charge in [-0.15, -0.1) is 0 Å². The average Bonchev–Trinajstić information content (AvgIpc) is 2.99. The van der Waals surface area contributed by atoms with Crippen LogP contribution >= 0.6 is 0 Å². The van der Waals surface area contributed by atoms with Gasteiger partial charge in [0.2, 0.25) is 5.91 Å². The lowest BCUT2D eigenvalue weighted by atomic mass is 9.82. The van der Waals surface area contributed by atoms with Crippen LogP contribution in [-0.2, 0) is 11.2 Å². The van der Waals surface area contributed by atoms with E-state index in [-0.39, 0.29) is 11.9 Å². The molecule has 3 rings (SSSR count). The fourth-order valence-corrected chi connectivity index (χ4v) is 3.67. The molecule has 0 saturated heterocycles. The van der Waals surface area contributed by atoms with Crippen molar-refractivity contribution in [2.24, 2.45) is 0 Å². The van der Waals surface area contributed by atoms with Crippen molar-refractivity contribution in [1.29, 1.82) is 5.26 Å². The van der Waals surface area contributed by atoms with E-state index in [1.807, 2.05) is 19.1 Å². The first-order valence-electron chi connectivity index (χ1n) is 8.23. The van der Waals surface area contributed by atoms with E-state index in [9.17, 15) is 10.1 Å². The summed E-state index contributed by atoms with van der Waals surface area (Å²) in [7, 11) is 0. The SMILES string of the molecule is C[C@H](C(=O)NC1(C#N)CCCCC1)N1CCc2ccccc21. The van der Waals surface area contributed by atoms with Crippen LogP contribution in [0.15, 0.2) is 24.3 Å². The second-order valence-corrected chi connectivity index (χ2v) is 6.49. The number of rotatable bonds is 3. The molecule has 1 aromatic rings. The minimum atomic E-state index is -0.650. The lowest BCUT2D eigenvalue weighted by Crippen LogP contribution is -2.54. The molecule has 1 atom stereocenters. The molecule has 0 radical (unpaired) electrons. The first kappa shape index (κ1) is 14.9. The predicted molar refractivity (Wildman–Crippen MR) is 86.5 cm³/mol. The third-order valence-electron chi connectivity index (χ3n) is 5.05. The van der Waals surface area contributed by atoms with E-state index < -0.39 is 5.54 Å². The summed E-state index contributed by atoms with van der Waals surface area (Å²) in [6, 6.07) is 10.4. The Balaban J connectivity index is 1.72. The van der Waals surface area contributed by atoms with Gasteiger partial charge in [0.15, 0.2) is 0 Å². The zero-order valence-electron chi connectivity index (χ0n) is 13.1. The van der Waals surface area contributed by atoms with Gasteiger partial charge in [-0.05, 0) is 37.8 Å².